The molecule has 1 aromatic rings. The van der Waals surface area contributed by atoms with Crippen LogP contribution in [0, 0.1) is 19.7 Å². The van der Waals surface area contributed by atoms with E-state index >= 15 is 0 Å². The van der Waals surface area contributed by atoms with Gasteiger partial charge in [-0.1, -0.05) is 13.8 Å². The molecular formula is C10H14BrF. The van der Waals surface area contributed by atoms with Gasteiger partial charge in [-0.3, -0.25) is 0 Å². The predicted octanol–water partition coefficient (Wildman–Crippen LogP) is 4.23. The summed E-state index contributed by atoms with van der Waals surface area (Å²) in [6.07, 6.45) is 0. The zero-order valence-corrected chi connectivity index (χ0v) is 9.50. The maximum Gasteiger partial charge on any atom is 0.137 e. The minimum atomic E-state index is -0.192. The highest BCUT2D eigenvalue weighted by atomic mass is 79.9. The van der Waals surface area contributed by atoms with Crippen LogP contribution >= 0.6 is 15.9 Å². The Morgan fingerprint density at radius 1 is 1.08 bits per heavy atom. The summed E-state index contributed by atoms with van der Waals surface area (Å²) in [5.41, 5.74) is 2.09. The largest absolute Gasteiger partial charge is 0.206 e. The van der Waals surface area contributed by atoms with Gasteiger partial charge in [-0.25, -0.2) is 4.39 Å². The normalized spacial score (nSPS) is 8.83. The van der Waals surface area contributed by atoms with Crippen molar-refractivity contribution in [3.8, 4) is 0 Å². The van der Waals surface area contributed by atoms with Crippen molar-refractivity contribution in [1.82, 2.24) is 0 Å². The Labute approximate surface area is 81.9 Å². The summed E-state index contributed by atoms with van der Waals surface area (Å²) < 4.78 is 13.3. The van der Waals surface area contributed by atoms with Crippen LogP contribution in [0.5, 0.6) is 0 Å². The number of rotatable bonds is 0. The molecule has 12 heavy (non-hydrogen) atoms. The molecule has 0 spiro atoms. The third-order valence-corrected chi connectivity index (χ3v) is 2.14. The van der Waals surface area contributed by atoms with Crippen molar-refractivity contribution < 1.29 is 4.39 Å². The van der Waals surface area contributed by atoms with E-state index in [2.05, 4.69) is 15.9 Å². The summed E-state index contributed by atoms with van der Waals surface area (Å²) in [5, 5.41) is 0. The van der Waals surface area contributed by atoms with Gasteiger partial charge in [0.25, 0.3) is 0 Å². The summed E-state index contributed by atoms with van der Waals surface area (Å²) in [4.78, 5) is 0. The molecule has 0 fully saturated rings. The molecule has 0 nitrogen and oxygen atoms in total. The van der Waals surface area contributed by atoms with E-state index in [0.717, 1.165) is 11.1 Å². The van der Waals surface area contributed by atoms with Crippen LogP contribution in [0.2, 0.25) is 0 Å². The highest BCUT2D eigenvalue weighted by Gasteiger charge is 2.00. The third kappa shape index (κ3) is 2.94. The average molecular weight is 233 g/mol. The highest BCUT2D eigenvalue weighted by Crippen LogP contribution is 2.19. The fraction of sp³-hybridized carbons (Fsp3) is 0.400. The first-order chi connectivity index (χ1) is 5.61. The van der Waals surface area contributed by atoms with E-state index in [4.69, 9.17) is 0 Å². The molecule has 0 radical (unpaired) electrons. The molecule has 0 aliphatic rings. The number of aryl methyl sites for hydroxylation is 2. The Morgan fingerprint density at radius 3 is 1.92 bits per heavy atom. The van der Waals surface area contributed by atoms with E-state index in [1.54, 1.807) is 6.07 Å². The van der Waals surface area contributed by atoms with E-state index in [1.807, 2.05) is 27.7 Å². The lowest BCUT2D eigenvalue weighted by molar-refractivity contribution is 0.619. The standard InChI is InChI=1S/C8H8BrF.C2H6/c1-5-3-7(9)8(10)4-6(5)2;1-2/h3-4H,1-2H3;1-2H3. The SMILES string of the molecule is CC.Cc1cc(F)c(Br)cc1C. The molecule has 1 aromatic carbocycles. The molecule has 0 atom stereocenters. The maximum atomic E-state index is 12.7. The lowest BCUT2D eigenvalue weighted by Crippen LogP contribution is -1.84. The molecule has 0 amide bonds. The van der Waals surface area contributed by atoms with Crippen molar-refractivity contribution >= 4 is 15.9 Å². The third-order valence-electron chi connectivity index (χ3n) is 1.54. The Hall–Kier alpha value is -0.370. The van der Waals surface area contributed by atoms with E-state index in [-0.39, 0.29) is 5.82 Å². The maximum absolute atomic E-state index is 12.7. The fourth-order valence-corrected chi connectivity index (χ4v) is 1.20. The van der Waals surface area contributed by atoms with Crippen molar-refractivity contribution in [2.45, 2.75) is 27.7 Å². The molecule has 1 rings (SSSR count). The van der Waals surface area contributed by atoms with Gasteiger partial charge in [0.15, 0.2) is 0 Å². The average Bonchev–Trinajstić information content (AvgIpc) is 2.05. The second kappa shape index (κ2) is 5.31. The molecule has 0 unspecified atom stereocenters. The lowest BCUT2D eigenvalue weighted by Gasteiger charge is -2.00. The summed E-state index contributed by atoms with van der Waals surface area (Å²) >= 11 is 3.11. The fourth-order valence-electron chi connectivity index (χ4n) is 0.746. The quantitative estimate of drug-likeness (QED) is 0.629. The monoisotopic (exact) mass is 232 g/mol. The van der Waals surface area contributed by atoms with E-state index in [9.17, 15) is 4.39 Å². The van der Waals surface area contributed by atoms with Crippen molar-refractivity contribution in [2.24, 2.45) is 0 Å². The lowest BCUT2D eigenvalue weighted by atomic mass is 10.1. The molecule has 2 heteroatoms. The Bertz CT molecular complexity index is 206. The molecule has 0 saturated carbocycles. The zero-order chi connectivity index (χ0) is 9.72. The van der Waals surface area contributed by atoms with Gasteiger partial charge in [0.05, 0.1) is 4.47 Å². The van der Waals surface area contributed by atoms with Crippen molar-refractivity contribution in [3.05, 3.63) is 33.5 Å². The first-order valence-corrected chi connectivity index (χ1v) is 4.83. The van der Waals surface area contributed by atoms with Gasteiger partial charge in [0, 0.05) is 0 Å². The number of hydrogen-bond donors (Lipinski definition) is 0. The van der Waals surface area contributed by atoms with E-state index in [0.29, 0.717) is 4.47 Å². The Morgan fingerprint density at radius 2 is 1.50 bits per heavy atom. The van der Waals surface area contributed by atoms with Gasteiger partial charge < -0.3 is 0 Å². The molecule has 0 saturated heterocycles. The second-order valence-corrected chi connectivity index (χ2v) is 3.20. The number of halogens is 2. The van der Waals surface area contributed by atoms with Crippen LogP contribution in [-0.4, -0.2) is 0 Å². The molecule has 0 bridgehead atoms. The molecule has 0 N–H and O–H groups in total. The summed E-state index contributed by atoms with van der Waals surface area (Å²) in [6, 6.07) is 3.31. The van der Waals surface area contributed by atoms with Crippen LogP contribution in [0.25, 0.3) is 0 Å². The second-order valence-electron chi connectivity index (χ2n) is 2.35. The Kier molecular flexibility index (Phi) is 5.14. The van der Waals surface area contributed by atoms with Crippen LogP contribution in [0.1, 0.15) is 25.0 Å². The van der Waals surface area contributed by atoms with Gasteiger partial charge in [0.2, 0.25) is 0 Å². The van der Waals surface area contributed by atoms with Gasteiger partial charge >= 0.3 is 0 Å². The predicted molar refractivity (Wildman–Crippen MR) is 54.9 cm³/mol. The van der Waals surface area contributed by atoms with Crippen LogP contribution in [0.4, 0.5) is 4.39 Å². The van der Waals surface area contributed by atoms with Gasteiger partial charge in [0.1, 0.15) is 5.82 Å². The van der Waals surface area contributed by atoms with Crippen LogP contribution in [0.15, 0.2) is 16.6 Å². The van der Waals surface area contributed by atoms with Crippen LogP contribution in [-0.2, 0) is 0 Å². The Balaban J connectivity index is 0.000000561. The first kappa shape index (κ1) is 11.6. The van der Waals surface area contributed by atoms with Crippen LogP contribution < -0.4 is 0 Å². The number of benzene rings is 1. The molecule has 0 aliphatic carbocycles. The minimum Gasteiger partial charge on any atom is -0.206 e. The summed E-state index contributed by atoms with van der Waals surface area (Å²) in [5.74, 6) is -0.192. The molecule has 68 valence electrons. The molecule has 0 heterocycles. The zero-order valence-electron chi connectivity index (χ0n) is 7.91. The molecular weight excluding hydrogens is 219 g/mol. The van der Waals surface area contributed by atoms with Gasteiger partial charge in [-0.05, 0) is 53.0 Å². The topological polar surface area (TPSA) is 0 Å². The number of hydrogen-bond acceptors (Lipinski definition) is 0. The van der Waals surface area contributed by atoms with E-state index in [1.165, 1.54) is 6.07 Å². The van der Waals surface area contributed by atoms with Gasteiger partial charge in [-0.2, -0.15) is 0 Å². The molecule has 0 aromatic heterocycles. The highest BCUT2D eigenvalue weighted by molar-refractivity contribution is 9.10. The van der Waals surface area contributed by atoms with Crippen molar-refractivity contribution in [2.75, 3.05) is 0 Å². The van der Waals surface area contributed by atoms with Crippen molar-refractivity contribution in [3.63, 3.8) is 0 Å². The van der Waals surface area contributed by atoms with E-state index < -0.39 is 0 Å². The van der Waals surface area contributed by atoms with Gasteiger partial charge in [-0.15, -0.1) is 0 Å². The summed E-state index contributed by atoms with van der Waals surface area (Å²) in [6.45, 7) is 7.85. The molecule has 0 aliphatic heterocycles. The minimum absolute atomic E-state index is 0.192. The first-order valence-electron chi connectivity index (χ1n) is 4.03. The van der Waals surface area contributed by atoms with Crippen molar-refractivity contribution in [1.29, 1.82) is 0 Å². The van der Waals surface area contributed by atoms with Crippen LogP contribution in [0.3, 0.4) is 0 Å². The summed E-state index contributed by atoms with van der Waals surface area (Å²) in [7, 11) is 0. The smallest absolute Gasteiger partial charge is 0.137 e.